The summed E-state index contributed by atoms with van der Waals surface area (Å²) in [5.74, 6) is -0.0208. The molecule has 0 atom stereocenters. The molecule has 0 fully saturated rings. The average molecular weight is 404 g/mol. The lowest BCUT2D eigenvalue weighted by atomic mass is 10.1. The molecule has 1 N–H and O–H groups in total. The van der Waals surface area contributed by atoms with Crippen LogP contribution in [-0.2, 0) is 0 Å². The van der Waals surface area contributed by atoms with Gasteiger partial charge in [0.1, 0.15) is 0 Å². The van der Waals surface area contributed by atoms with Crippen molar-refractivity contribution in [1.82, 2.24) is 4.98 Å². The Hall–Kier alpha value is -2.75. The van der Waals surface area contributed by atoms with Gasteiger partial charge in [0.15, 0.2) is 5.78 Å². The number of para-hydroxylation sites is 1. The number of benzene rings is 3. The van der Waals surface area contributed by atoms with Crippen molar-refractivity contribution >= 4 is 46.1 Å². The van der Waals surface area contributed by atoms with Gasteiger partial charge in [-0.25, -0.2) is 0 Å². The standard InChI is InChI=1S/C24H18ClNOS/c1-16-6-12-20(13-7-16)28-23(24(27)17-8-10-19(25)11-9-17)14-18-15-26-22-5-3-2-4-21(18)22/h2-15,26H,1H3/b23-14+. The summed E-state index contributed by atoms with van der Waals surface area (Å²) >= 11 is 7.46. The molecule has 3 aromatic carbocycles. The van der Waals surface area contributed by atoms with Gasteiger partial charge < -0.3 is 4.98 Å². The molecule has 4 heteroatoms. The van der Waals surface area contributed by atoms with E-state index in [1.807, 2.05) is 42.6 Å². The van der Waals surface area contributed by atoms with Crippen LogP contribution in [0.3, 0.4) is 0 Å². The smallest absolute Gasteiger partial charge is 0.199 e. The van der Waals surface area contributed by atoms with Gasteiger partial charge in [-0.15, -0.1) is 0 Å². The predicted octanol–water partition coefficient (Wildman–Crippen LogP) is 7.15. The van der Waals surface area contributed by atoms with E-state index in [1.54, 1.807) is 24.3 Å². The summed E-state index contributed by atoms with van der Waals surface area (Å²) in [6, 6.07) is 23.3. The molecule has 0 saturated heterocycles. The minimum Gasteiger partial charge on any atom is -0.361 e. The molecule has 0 aliphatic heterocycles. The first kappa shape index (κ1) is 18.6. The number of hydrogen-bond donors (Lipinski definition) is 1. The lowest BCUT2D eigenvalue weighted by Gasteiger charge is -2.08. The average Bonchev–Trinajstić information content (AvgIpc) is 3.12. The zero-order valence-electron chi connectivity index (χ0n) is 15.3. The van der Waals surface area contributed by atoms with Crippen molar-refractivity contribution < 1.29 is 4.79 Å². The molecule has 0 aliphatic carbocycles. The Bertz CT molecular complexity index is 1160. The Morgan fingerprint density at radius 3 is 2.43 bits per heavy atom. The van der Waals surface area contributed by atoms with E-state index < -0.39 is 0 Å². The summed E-state index contributed by atoms with van der Waals surface area (Å²) in [4.78, 5) is 18.2. The van der Waals surface area contributed by atoms with Crippen LogP contribution in [0.5, 0.6) is 0 Å². The van der Waals surface area contributed by atoms with Gasteiger partial charge in [-0.05, 0) is 55.5 Å². The van der Waals surface area contributed by atoms with Crippen molar-refractivity contribution in [3.05, 3.63) is 106 Å². The van der Waals surface area contributed by atoms with Crippen molar-refractivity contribution in [3.63, 3.8) is 0 Å². The molecule has 4 aromatic rings. The van der Waals surface area contributed by atoms with Gasteiger partial charge in [-0.1, -0.05) is 59.3 Å². The van der Waals surface area contributed by atoms with E-state index in [1.165, 1.54) is 17.3 Å². The molecule has 1 heterocycles. The lowest BCUT2D eigenvalue weighted by molar-refractivity contribution is 0.104. The third-order valence-electron chi connectivity index (χ3n) is 4.49. The minimum absolute atomic E-state index is 0.0208. The highest BCUT2D eigenvalue weighted by atomic mass is 35.5. The fourth-order valence-electron chi connectivity index (χ4n) is 2.97. The Morgan fingerprint density at radius 1 is 0.964 bits per heavy atom. The number of halogens is 1. The molecule has 0 bridgehead atoms. The molecule has 28 heavy (non-hydrogen) atoms. The largest absolute Gasteiger partial charge is 0.361 e. The number of allylic oxidation sites excluding steroid dienone is 1. The number of carbonyl (C=O) groups excluding carboxylic acids is 1. The van der Waals surface area contributed by atoms with E-state index in [-0.39, 0.29) is 5.78 Å². The fraction of sp³-hybridized carbons (Fsp3) is 0.0417. The molecule has 0 unspecified atom stereocenters. The van der Waals surface area contributed by atoms with Gasteiger partial charge in [-0.3, -0.25) is 4.79 Å². The summed E-state index contributed by atoms with van der Waals surface area (Å²) in [6.07, 6.45) is 3.90. The molecule has 1 aromatic heterocycles. The maximum absolute atomic E-state index is 13.2. The third-order valence-corrected chi connectivity index (χ3v) is 5.77. The molecule has 2 nitrogen and oxygen atoms in total. The van der Waals surface area contributed by atoms with Crippen LogP contribution in [0.25, 0.3) is 17.0 Å². The number of fused-ring (bicyclic) bond motifs is 1. The predicted molar refractivity (Wildman–Crippen MR) is 119 cm³/mol. The second-order valence-corrected chi connectivity index (χ2v) is 8.10. The van der Waals surface area contributed by atoms with Gasteiger partial charge >= 0.3 is 0 Å². The maximum Gasteiger partial charge on any atom is 0.199 e. The zero-order chi connectivity index (χ0) is 19.5. The number of aryl methyl sites for hydroxylation is 1. The summed E-state index contributed by atoms with van der Waals surface area (Å²) in [7, 11) is 0. The molecule has 0 radical (unpaired) electrons. The molecule has 138 valence electrons. The number of carbonyl (C=O) groups is 1. The molecule has 0 spiro atoms. The normalized spacial score (nSPS) is 11.7. The van der Waals surface area contributed by atoms with E-state index in [0.29, 0.717) is 15.5 Å². The quantitative estimate of drug-likeness (QED) is 0.218. The maximum atomic E-state index is 13.2. The Kier molecular flexibility index (Phi) is 5.38. The number of rotatable bonds is 5. The first-order chi connectivity index (χ1) is 13.6. The Balaban J connectivity index is 1.77. The minimum atomic E-state index is -0.0208. The second kappa shape index (κ2) is 8.09. The lowest BCUT2D eigenvalue weighted by Crippen LogP contribution is -2.00. The van der Waals surface area contributed by atoms with E-state index in [4.69, 9.17) is 11.6 Å². The summed E-state index contributed by atoms with van der Waals surface area (Å²) in [5.41, 5.74) is 3.85. The van der Waals surface area contributed by atoms with E-state index >= 15 is 0 Å². The van der Waals surface area contributed by atoms with E-state index in [2.05, 4.69) is 30.1 Å². The van der Waals surface area contributed by atoms with Crippen LogP contribution in [0, 0.1) is 6.92 Å². The van der Waals surface area contributed by atoms with Crippen LogP contribution in [-0.4, -0.2) is 10.8 Å². The van der Waals surface area contributed by atoms with Gasteiger partial charge in [0.25, 0.3) is 0 Å². The highest BCUT2D eigenvalue weighted by Crippen LogP contribution is 2.33. The second-order valence-electron chi connectivity index (χ2n) is 6.55. The van der Waals surface area contributed by atoms with Crippen molar-refractivity contribution in [3.8, 4) is 0 Å². The SMILES string of the molecule is Cc1ccc(S/C(=C/c2c[nH]c3ccccc23)C(=O)c2ccc(Cl)cc2)cc1. The molecule has 0 saturated carbocycles. The summed E-state index contributed by atoms with van der Waals surface area (Å²) in [6.45, 7) is 2.05. The first-order valence-electron chi connectivity index (χ1n) is 8.93. The molecule has 0 aliphatic rings. The van der Waals surface area contributed by atoms with Crippen molar-refractivity contribution in [1.29, 1.82) is 0 Å². The molecule has 0 amide bonds. The first-order valence-corrected chi connectivity index (χ1v) is 10.1. The van der Waals surface area contributed by atoms with Crippen LogP contribution < -0.4 is 0 Å². The van der Waals surface area contributed by atoms with Crippen LogP contribution in [0.2, 0.25) is 5.02 Å². The van der Waals surface area contributed by atoms with Crippen LogP contribution in [0.1, 0.15) is 21.5 Å². The van der Waals surface area contributed by atoms with Crippen molar-refractivity contribution in [2.75, 3.05) is 0 Å². The Labute approximate surface area is 173 Å². The zero-order valence-corrected chi connectivity index (χ0v) is 16.8. The molecular formula is C24H18ClNOS. The Morgan fingerprint density at radius 2 is 1.68 bits per heavy atom. The number of H-pyrrole nitrogens is 1. The number of aromatic nitrogens is 1. The van der Waals surface area contributed by atoms with Crippen LogP contribution >= 0.6 is 23.4 Å². The number of aromatic amines is 1. The van der Waals surface area contributed by atoms with Gasteiger partial charge in [0.2, 0.25) is 0 Å². The monoisotopic (exact) mass is 403 g/mol. The van der Waals surface area contributed by atoms with Gasteiger partial charge in [-0.2, -0.15) is 0 Å². The number of nitrogens with one attached hydrogen (secondary N) is 1. The number of thioether (sulfide) groups is 1. The van der Waals surface area contributed by atoms with E-state index in [9.17, 15) is 4.79 Å². The highest BCUT2D eigenvalue weighted by Gasteiger charge is 2.15. The van der Waals surface area contributed by atoms with Crippen molar-refractivity contribution in [2.24, 2.45) is 0 Å². The summed E-state index contributed by atoms with van der Waals surface area (Å²) in [5, 5.41) is 1.71. The van der Waals surface area contributed by atoms with E-state index in [0.717, 1.165) is 21.4 Å². The van der Waals surface area contributed by atoms with Gasteiger partial charge in [0, 0.05) is 38.1 Å². The number of hydrogen-bond acceptors (Lipinski definition) is 2. The van der Waals surface area contributed by atoms with Crippen molar-refractivity contribution in [2.45, 2.75) is 11.8 Å². The topological polar surface area (TPSA) is 32.9 Å². The van der Waals surface area contributed by atoms with Crippen LogP contribution in [0.4, 0.5) is 0 Å². The highest BCUT2D eigenvalue weighted by molar-refractivity contribution is 8.04. The summed E-state index contributed by atoms with van der Waals surface area (Å²) < 4.78 is 0. The third kappa shape index (κ3) is 4.06. The molecular weight excluding hydrogens is 386 g/mol. The van der Waals surface area contributed by atoms with Crippen LogP contribution in [0.15, 0.2) is 88.8 Å². The molecule has 4 rings (SSSR count). The fourth-order valence-corrected chi connectivity index (χ4v) is 4.02. The van der Waals surface area contributed by atoms with Gasteiger partial charge in [0.05, 0.1) is 4.91 Å². The number of Topliss-reactive ketones (excluding diaryl/α,β-unsaturated/α-hetero) is 1. The number of ketones is 1.